The molecule has 0 saturated heterocycles. The number of halogens is 2. The second-order valence-electron chi connectivity index (χ2n) is 5.42. The SMILES string of the molecule is OC(CNC1CCCC1)COCCOc1ccc(Br)cc1.[Cl-]. The van der Waals surface area contributed by atoms with Crippen LogP contribution in [0.2, 0.25) is 0 Å². The predicted molar refractivity (Wildman–Crippen MR) is 86.7 cm³/mol. The van der Waals surface area contributed by atoms with E-state index in [9.17, 15) is 5.11 Å². The molecule has 0 aliphatic heterocycles. The first kappa shape index (κ1) is 19.7. The minimum atomic E-state index is -0.446. The van der Waals surface area contributed by atoms with Crippen molar-refractivity contribution in [3.63, 3.8) is 0 Å². The van der Waals surface area contributed by atoms with Gasteiger partial charge in [-0.15, -0.1) is 0 Å². The van der Waals surface area contributed by atoms with Gasteiger partial charge in [-0.1, -0.05) is 28.8 Å². The number of rotatable bonds is 9. The summed E-state index contributed by atoms with van der Waals surface area (Å²) in [5.41, 5.74) is 0. The standard InChI is InChI=1S/C16H24BrNO3.ClH/c17-13-5-7-16(8-6-13)21-10-9-20-12-15(19)11-18-14-3-1-2-4-14;/h5-8,14-15,18-19H,1-4,9-12H2;1H/p-1. The van der Waals surface area contributed by atoms with Crippen molar-refractivity contribution in [3.05, 3.63) is 28.7 Å². The maximum atomic E-state index is 9.82. The second-order valence-corrected chi connectivity index (χ2v) is 6.34. The molecule has 126 valence electrons. The molecule has 2 N–H and O–H groups in total. The van der Waals surface area contributed by atoms with Gasteiger partial charge >= 0.3 is 0 Å². The Kier molecular flexibility index (Phi) is 10.1. The average Bonchev–Trinajstić information content (AvgIpc) is 3.00. The third-order valence-corrected chi connectivity index (χ3v) is 4.15. The summed E-state index contributed by atoms with van der Waals surface area (Å²) in [6.07, 6.45) is 4.62. The van der Waals surface area contributed by atoms with Gasteiger partial charge in [-0.2, -0.15) is 0 Å². The van der Waals surface area contributed by atoms with Crippen LogP contribution in [-0.2, 0) is 4.74 Å². The lowest BCUT2D eigenvalue weighted by Gasteiger charge is -2.16. The quantitative estimate of drug-likeness (QED) is 0.568. The maximum Gasteiger partial charge on any atom is 0.119 e. The van der Waals surface area contributed by atoms with Gasteiger partial charge < -0.3 is 32.3 Å². The van der Waals surface area contributed by atoms with Gasteiger partial charge in [0.15, 0.2) is 0 Å². The fourth-order valence-electron chi connectivity index (χ4n) is 2.46. The molecule has 1 aromatic carbocycles. The molecule has 4 nitrogen and oxygen atoms in total. The molecule has 1 atom stereocenters. The van der Waals surface area contributed by atoms with Gasteiger partial charge in [-0.25, -0.2) is 0 Å². The topological polar surface area (TPSA) is 50.7 Å². The predicted octanol–water partition coefficient (Wildman–Crippen LogP) is -0.258. The third-order valence-electron chi connectivity index (χ3n) is 3.62. The lowest BCUT2D eigenvalue weighted by molar-refractivity contribution is -0.00000747. The van der Waals surface area contributed by atoms with Crippen LogP contribution in [0.3, 0.4) is 0 Å². The first-order valence-corrected chi connectivity index (χ1v) is 8.41. The van der Waals surface area contributed by atoms with Gasteiger partial charge in [-0.3, -0.25) is 0 Å². The van der Waals surface area contributed by atoms with Crippen molar-refractivity contribution in [1.29, 1.82) is 0 Å². The van der Waals surface area contributed by atoms with Crippen molar-refractivity contribution < 1.29 is 27.0 Å². The smallest absolute Gasteiger partial charge is 0.119 e. The highest BCUT2D eigenvalue weighted by Gasteiger charge is 2.15. The number of hydrogen-bond donors (Lipinski definition) is 2. The number of aliphatic hydroxyl groups is 1. The molecule has 1 unspecified atom stereocenters. The Morgan fingerprint density at radius 1 is 1.18 bits per heavy atom. The van der Waals surface area contributed by atoms with E-state index in [1.807, 2.05) is 24.3 Å². The average molecular weight is 394 g/mol. The lowest BCUT2D eigenvalue weighted by atomic mass is 10.2. The number of aliphatic hydroxyl groups excluding tert-OH is 1. The summed E-state index contributed by atoms with van der Waals surface area (Å²) < 4.78 is 12.0. The van der Waals surface area contributed by atoms with Crippen LogP contribution in [0.15, 0.2) is 28.7 Å². The molecule has 1 saturated carbocycles. The van der Waals surface area contributed by atoms with E-state index in [0.29, 0.717) is 32.4 Å². The zero-order chi connectivity index (χ0) is 14.9. The minimum Gasteiger partial charge on any atom is -1.00 e. The third kappa shape index (κ3) is 7.79. The monoisotopic (exact) mass is 392 g/mol. The molecule has 22 heavy (non-hydrogen) atoms. The van der Waals surface area contributed by atoms with E-state index in [2.05, 4.69) is 21.2 Å². The number of hydrogen-bond acceptors (Lipinski definition) is 4. The van der Waals surface area contributed by atoms with E-state index < -0.39 is 6.10 Å². The highest BCUT2D eigenvalue weighted by molar-refractivity contribution is 9.10. The Balaban J connectivity index is 0.00000242. The molecule has 0 aromatic heterocycles. The van der Waals surface area contributed by atoms with Crippen LogP contribution >= 0.6 is 15.9 Å². The first-order chi connectivity index (χ1) is 10.2. The molecule has 1 aromatic rings. The Labute approximate surface area is 147 Å². The summed E-state index contributed by atoms with van der Waals surface area (Å²) in [6.45, 7) is 1.93. The molecule has 0 radical (unpaired) electrons. The zero-order valence-electron chi connectivity index (χ0n) is 12.6. The molecule has 1 aliphatic rings. The summed E-state index contributed by atoms with van der Waals surface area (Å²) in [4.78, 5) is 0. The molecule has 0 amide bonds. The highest BCUT2D eigenvalue weighted by atomic mass is 79.9. The molecular formula is C16H24BrClNO3-. The van der Waals surface area contributed by atoms with Gasteiger partial charge in [0.05, 0.1) is 19.3 Å². The van der Waals surface area contributed by atoms with Crippen LogP contribution in [0, 0.1) is 0 Å². The van der Waals surface area contributed by atoms with Crippen molar-refractivity contribution in [2.45, 2.75) is 37.8 Å². The first-order valence-electron chi connectivity index (χ1n) is 7.61. The van der Waals surface area contributed by atoms with Crippen molar-refractivity contribution in [2.75, 3.05) is 26.4 Å². The summed E-state index contributed by atoms with van der Waals surface area (Å²) in [5, 5.41) is 13.2. The van der Waals surface area contributed by atoms with E-state index in [-0.39, 0.29) is 12.4 Å². The van der Waals surface area contributed by atoms with Crippen LogP contribution in [0.25, 0.3) is 0 Å². The second kappa shape index (κ2) is 11.2. The van der Waals surface area contributed by atoms with Crippen LogP contribution in [0.5, 0.6) is 5.75 Å². The Morgan fingerprint density at radius 3 is 2.55 bits per heavy atom. The fourth-order valence-corrected chi connectivity index (χ4v) is 2.72. The molecule has 0 spiro atoms. The minimum absolute atomic E-state index is 0. The van der Waals surface area contributed by atoms with E-state index in [1.54, 1.807) is 0 Å². The largest absolute Gasteiger partial charge is 1.00 e. The Morgan fingerprint density at radius 2 is 1.86 bits per heavy atom. The molecule has 0 heterocycles. The maximum absolute atomic E-state index is 9.82. The van der Waals surface area contributed by atoms with Crippen LogP contribution in [-0.4, -0.2) is 43.6 Å². The molecular weight excluding hydrogens is 370 g/mol. The van der Waals surface area contributed by atoms with Crippen LogP contribution in [0.1, 0.15) is 25.7 Å². The summed E-state index contributed by atoms with van der Waals surface area (Å²) >= 11 is 3.38. The molecule has 6 heteroatoms. The molecule has 0 bridgehead atoms. The van der Waals surface area contributed by atoms with Gasteiger partial charge in [0.25, 0.3) is 0 Å². The van der Waals surface area contributed by atoms with Crippen LogP contribution in [0.4, 0.5) is 0 Å². The van der Waals surface area contributed by atoms with E-state index in [0.717, 1.165) is 10.2 Å². The molecule has 1 fully saturated rings. The van der Waals surface area contributed by atoms with Crippen molar-refractivity contribution in [3.8, 4) is 5.75 Å². The van der Waals surface area contributed by atoms with E-state index >= 15 is 0 Å². The van der Waals surface area contributed by atoms with Gasteiger partial charge in [-0.05, 0) is 37.1 Å². The Hall–Kier alpha value is -0.330. The van der Waals surface area contributed by atoms with E-state index in [1.165, 1.54) is 25.7 Å². The Bertz CT molecular complexity index is 399. The van der Waals surface area contributed by atoms with Gasteiger partial charge in [0, 0.05) is 17.1 Å². The number of ether oxygens (including phenoxy) is 2. The van der Waals surface area contributed by atoms with Crippen molar-refractivity contribution >= 4 is 15.9 Å². The summed E-state index contributed by atoms with van der Waals surface area (Å²) in [7, 11) is 0. The van der Waals surface area contributed by atoms with Crippen LogP contribution < -0.4 is 22.5 Å². The fraction of sp³-hybridized carbons (Fsp3) is 0.625. The van der Waals surface area contributed by atoms with Gasteiger partial charge in [0.1, 0.15) is 12.4 Å². The number of nitrogens with one attached hydrogen (secondary N) is 1. The van der Waals surface area contributed by atoms with E-state index in [4.69, 9.17) is 9.47 Å². The number of benzene rings is 1. The molecule has 1 aliphatic carbocycles. The normalized spacial score (nSPS) is 16.3. The van der Waals surface area contributed by atoms with Gasteiger partial charge in [0.2, 0.25) is 0 Å². The molecule has 2 rings (SSSR count). The van der Waals surface area contributed by atoms with Crippen molar-refractivity contribution in [1.82, 2.24) is 5.32 Å². The zero-order valence-corrected chi connectivity index (χ0v) is 15.0. The lowest BCUT2D eigenvalue weighted by Crippen LogP contribution is -3.00. The van der Waals surface area contributed by atoms with Crippen molar-refractivity contribution in [2.24, 2.45) is 0 Å². The summed E-state index contributed by atoms with van der Waals surface area (Å²) in [5.74, 6) is 0.824. The highest BCUT2D eigenvalue weighted by Crippen LogP contribution is 2.17. The summed E-state index contributed by atoms with van der Waals surface area (Å²) in [6, 6.07) is 8.28.